The zero-order valence-corrected chi connectivity index (χ0v) is 22.6. The van der Waals surface area contributed by atoms with Gasteiger partial charge in [-0.15, -0.1) is 0 Å². The van der Waals surface area contributed by atoms with Gasteiger partial charge in [0.2, 0.25) is 9.04 Å². The van der Waals surface area contributed by atoms with Crippen LogP contribution in [0.5, 0.6) is 5.75 Å². The molecule has 0 unspecified atom stereocenters. The van der Waals surface area contributed by atoms with Crippen molar-refractivity contribution in [1.29, 1.82) is 0 Å². The van der Waals surface area contributed by atoms with E-state index in [2.05, 4.69) is 65.9 Å². The molecule has 0 spiro atoms. The molecule has 1 aliphatic carbocycles. The Morgan fingerprint density at radius 3 is 2.15 bits per heavy atom. The quantitative estimate of drug-likeness (QED) is 0.350. The van der Waals surface area contributed by atoms with Crippen LogP contribution in [-0.2, 0) is 10.8 Å². The zero-order chi connectivity index (χ0) is 24.4. The van der Waals surface area contributed by atoms with Crippen LogP contribution in [0.15, 0.2) is 36.4 Å². The molecule has 0 bridgehead atoms. The number of carboxylic acid groups (broad SMARTS) is 1. The van der Waals surface area contributed by atoms with E-state index >= 15 is 0 Å². The summed E-state index contributed by atoms with van der Waals surface area (Å²) < 4.78 is 6.76. The lowest BCUT2D eigenvalue weighted by Crippen LogP contribution is -2.31. The van der Waals surface area contributed by atoms with Crippen LogP contribution in [0.3, 0.4) is 0 Å². The molecule has 0 saturated heterocycles. The molecule has 1 saturated carbocycles. The molecule has 2 aromatic rings. The molecule has 1 aliphatic rings. The van der Waals surface area contributed by atoms with Gasteiger partial charge >= 0.3 is 5.97 Å². The highest BCUT2D eigenvalue weighted by molar-refractivity contribution is 6.49. The first-order valence-corrected chi connectivity index (χ1v) is 15.1. The highest BCUT2D eigenvalue weighted by Crippen LogP contribution is 2.49. The fourth-order valence-corrected chi connectivity index (χ4v) is 5.82. The summed E-state index contributed by atoms with van der Waals surface area (Å²) in [4.78, 5) is 11.2. The van der Waals surface area contributed by atoms with Crippen molar-refractivity contribution in [2.45, 2.75) is 90.6 Å². The molecule has 33 heavy (non-hydrogen) atoms. The minimum atomic E-state index is -1.35. The molecule has 0 heterocycles. The Balaban J connectivity index is 2.20. The third kappa shape index (κ3) is 5.78. The van der Waals surface area contributed by atoms with Gasteiger partial charge in [-0.1, -0.05) is 77.3 Å². The summed E-state index contributed by atoms with van der Waals surface area (Å²) in [5.74, 6) is 0.187. The van der Waals surface area contributed by atoms with E-state index in [0.29, 0.717) is 5.56 Å². The Morgan fingerprint density at radius 1 is 1.03 bits per heavy atom. The number of hydrogen-bond acceptors (Lipinski definition) is 2. The summed E-state index contributed by atoms with van der Waals surface area (Å²) >= 11 is 0. The minimum absolute atomic E-state index is 0.0370. The number of carbonyl (C=O) groups is 1. The first kappa shape index (κ1) is 25.3. The second kappa shape index (κ2) is 9.88. The van der Waals surface area contributed by atoms with Gasteiger partial charge in [-0.3, -0.25) is 0 Å². The molecule has 3 rings (SSSR count). The summed E-state index contributed by atoms with van der Waals surface area (Å²) in [7, 11) is -1.35. The van der Waals surface area contributed by atoms with Gasteiger partial charge < -0.3 is 9.53 Å². The number of allylic oxidation sites excluding steroid dienone is 1. The summed E-state index contributed by atoms with van der Waals surface area (Å²) in [5.41, 5.74) is 6.59. The molecule has 178 valence electrons. The van der Waals surface area contributed by atoms with Crippen molar-refractivity contribution < 1.29 is 14.3 Å². The predicted molar refractivity (Wildman–Crippen MR) is 142 cm³/mol. The fourth-order valence-electron chi connectivity index (χ4n) is 5.11. The summed E-state index contributed by atoms with van der Waals surface area (Å²) in [5, 5.41) is 9.20. The van der Waals surface area contributed by atoms with Crippen LogP contribution in [0.4, 0.5) is 0 Å². The number of benzene rings is 2. The lowest BCUT2D eigenvalue weighted by molar-refractivity contribution is 0.0697. The van der Waals surface area contributed by atoms with Gasteiger partial charge in [0.1, 0.15) is 5.75 Å². The summed E-state index contributed by atoms with van der Waals surface area (Å²) in [6, 6.07) is 11.6. The normalized spacial score (nSPS) is 16.7. The van der Waals surface area contributed by atoms with E-state index in [1.807, 2.05) is 12.1 Å². The van der Waals surface area contributed by atoms with Crippen LogP contribution in [0, 0.1) is 0 Å². The molecule has 4 heteroatoms. The van der Waals surface area contributed by atoms with Crippen LogP contribution >= 0.6 is 0 Å². The first-order valence-electron chi connectivity index (χ1n) is 12.3. The maximum absolute atomic E-state index is 11.2. The Bertz CT molecular complexity index is 1020. The molecule has 0 aliphatic heterocycles. The van der Waals surface area contributed by atoms with Crippen LogP contribution in [0.2, 0.25) is 13.1 Å². The topological polar surface area (TPSA) is 46.5 Å². The largest absolute Gasteiger partial charge is 0.546 e. The van der Waals surface area contributed by atoms with E-state index in [4.69, 9.17) is 4.43 Å². The average Bonchev–Trinajstić information content (AvgIpc) is 2.73. The highest BCUT2D eigenvalue weighted by Gasteiger charge is 2.37. The number of aromatic carboxylic acids is 1. The highest BCUT2D eigenvalue weighted by atomic mass is 28.3. The molecular formula is C29H40O3Si. The lowest BCUT2D eigenvalue weighted by atomic mass is 9.65. The van der Waals surface area contributed by atoms with E-state index in [9.17, 15) is 9.90 Å². The third-order valence-electron chi connectivity index (χ3n) is 6.85. The van der Waals surface area contributed by atoms with Crippen LogP contribution < -0.4 is 4.43 Å². The summed E-state index contributed by atoms with van der Waals surface area (Å²) in [6.45, 7) is 16.0. The standard InChI is InChI=1S/C29H40O3Si/c1-20(19-21-11-13-22(14-12-21)27(30)31)23-15-16-24(28(2,3)4)25(26(23)32-33(6)7)29(5)17-9-8-10-18-29/h11-16,19,33H,8-10,17-18H2,1-7H3,(H,30,31). The van der Waals surface area contributed by atoms with Crippen molar-refractivity contribution in [2.24, 2.45) is 0 Å². The van der Waals surface area contributed by atoms with Crippen molar-refractivity contribution >= 4 is 26.7 Å². The van der Waals surface area contributed by atoms with Crippen molar-refractivity contribution in [3.63, 3.8) is 0 Å². The predicted octanol–water partition coefficient (Wildman–Crippen LogP) is 7.83. The molecule has 0 atom stereocenters. The average molecular weight is 465 g/mol. The molecule has 3 nitrogen and oxygen atoms in total. The van der Waals surface area contributed by atoms with E-state index in [1.165, 1.54) is 43.2 Å². The van der Waals surface area contributed by atoms with E-state index < -0.39 is 15.0 Å². The maximum Gasteiger partial charge on any atom is 0.335 e. The Hall–Kier alpha value is -2.33. The molecule has 0 aromatic heterocycles. The van der Waals surface area contributed by atoms with Gasteiger partial charge in [-0.25, -0.2) is 4.79 Å². The van der Waals surface area contributed by atoms with Crippen molar-refractivity contribution in [2.75, 3.05) is 0 Å². The number of hydrogen-bond donors (Lipinski definition) is 1. The van der Waals surface area contributed by atoms with Gasteiger partial charge in [0.15, 0.2) is 0 Å². The number of carboxylic acids is 1. The van der Waals surface area contributed by atoms with Crippen molar-refractivity contribution in [3.05, 3.63) is 64.2 Å². The molecule has 2 aromatic carbocycles. The second-order valence-electron chi connectivity index (χ2n) is 11.2. The van der Waals surface area contributed by atoms with Crippen molar-refractivity contribution in [1.82, 2.24) is 0 Å². The first-order chi connectivity index (χ1) is 15.4. The number of rotatable bonds is 6. The lowest BCUT2D eigenvalue weighted by Gasteiger charge is -2.40. The Morgan fingerprint density at radius 2 is 1.64 bits per heavy atom. The molecule has 0 radical (unpaired) electrons. The smallest absolute Gasteiger partial charge is 0.335 e. The van der Waals surface area contributed by atoms with Gasteiger partial charge in [0.05, 0.1) is 5.56 Å². The van der Waals surface area contributed by atoms with E-state index in [-0.39, 0.29) is 10.8 Å². The van der Waals surface area contributed by atoms with Crippen LogP contribution in [0.1, 0.15) is 99.3 Å². The Kier molecular flexibility index (Phi) is 7.58. The van der Waals surface area contributed by atoms with E-state index in [0.717, 1.165) is 22.4 Å². The molecule has 1 N–H and O–H groups in total. The van der Waals surface area contributed by atoms with Crippen molar-refractivity contribution in [3.8, 4) is 5.75 Å². The third-order valence-corrected chi connectivity index (χ3v) is 7.55. The second-order valence-corrected chi connectivity index (χ2v) is 13.5. The van der Waals surface area contributed by atoms with Crippen LogP contribution in [-0.4, -0.2) is 20.1 Å². The molecule has 1 fully saturated rings. The van der Waals surface area contributed by atoms with Gasteiger partial charge in [0, 0.05) is 11.1 Å². The molecule has 0 amide bonds. The van der Waals surface area contributed by atoms with Crippen LogP contribution in [0.25, 0.3) is 11.6 Å². The maximum atomic E-state index is 11.2. The fraction of sp³-hybridized carbons (Fsp3) is 0.483. The molecular weight excluding hydrogens is 424 g/mol. The van der Waals surface area contributed by atoms with Gasteiger partial charge in [-0.05, 0) is 72.5 Å². The van der Waals surface area contributed by atoms with Gasteiger partial charge in [0.25, 0.3) is 0 Å². The summed E-state index contributed by atoms with van der Waals surface area (Å²) in [6.07, 6.45) is 8.41. The van der Waals surface area contributed by atoms with E-state index in [1.54, 1.807) is 12.1 Å². The Labute approximate surface area is 201 Å². The van der Waals surface area contributed by atoms with Gasteiger partial charge in [-0.2, -0.15) is 0 Å². The SMILES string of the molecule is CC(=Cc1ccc(C(=O)O)cc1)c1ccc(C(C)(C)C)c(C2(C)CCCCC2)c1O[SiH](C)C. The monoisotopic (exact) mass is 464 g/mol. The minimum Gasteiger partial charge on any atom is -0.546 e. The zero-order valence-electron chi connectivity index (χ0n) is 21.4.